The van der Waals surface area contributed by atoms with Gasteiger partial charge in [0.15, 0.2) is 0 Å². The van der Waals surface area contributed by atoms with Gasteiger partial charge in [-0.2, -0.15) is 0 Å². The van der Waals surface area contributed by atoms with Gasteiger partial charge in [0.2, 0.25) is 5.91 Å². The molecule has 0 fully saturated rings. The van der Waals surface area contributed by atoms with E-state index in [-0.39, 0.29) is 0 Å². The van der Waals surface area contributed by atoms with Crippen LogP contribution in [-0.2, 0) is 0 Å². The van der Waals surface area contributed by atoms with E-state index in [0.29, 0.717) is 17.0 Å². The van der Waals surface area contributed by atoms with Gasteiger partial charge in [-0.1, -0.05) is 0 Å². The van der Waals surface area contributed by atoms with Crippen LogP contribution >= 0.6 is 0 Å². The topological polar surface area (TPSA) is 84.7 Å². The molecular weight excluding hydrogens is 228 g/mol. The number of nitrogens with two attached hydrogens (primary N) is 1. The van der Waals surface area contributed by atoms with Crippen molar-refractivity contribution in [2.45, 2.75) is 0 Å². The molecule has 0 aliphatic heterocycles. The summed E-state index contributed by atoms with van der Waals surface area (Å²) in [5, 5.41) is 1.05. The maximum Gasteiger partial charge on any atom is 0.248 e. The number of aromatic nitrogens is 3. The minimum atomic E-state index is -0.471. The third-order valence-corrected chi connectivity index (χ3v) is 2.74. The maximum absolute atomic E-state index is 11.1. The monoisotopic (exact) mass is 238 g/mol. The van der Waals surface area contributed by atoms with Gasteiger partial charge in [0.25, 0.3) is 0 Å². The molecule has 3 aromatic heterocycles. The number of pyridine rings is 2. The van der Waals surface area contributed by atoms with Crippen LogP contribution in [0.3, 0.4) is 0 Å². The van der Waals surface area contributed by atoms with E-state index >= 15 is 0 Å². The molecule has 0 saturated carbocycles. The first-order chi connectivity index (χ1) is 8.74. The predicted molar refractivity (Wildman–Crippen MR) is 67.8 cm³/mol. The zero-order chi connectivity index (χ0) is 12.5. The number of primary amides is 1. The van der Waals surface area contributed by atoms with Crippen LogP contribution in [0.15, 0.2) is 42.9 Å². The Bertz CT molecular complexity index is 732. The highest BCUT2D eigenvalue weighted by molar-refractivity contribution is 5.93. The third-order valence-electron chi connectivity index (χ3n) is 2.74. The largest absolute Gasteiger partial charge is 0.366 e. The fourth-order valence-corrected chi connectivity index (χ4v) is 1.81. The van der Waals surface area contributed by atoms with Gasteiger partial charge in [-0.15, -0.1) is 0 Å². The predicted octanol–water partition coefficient (Wildman–Crippen LogP) is 1.72. The Labute approximate surface area is 103 Å². The second-order valence-corrected chi connectivity index (χ2v) is 3.93. The molecule has 0 spiro atoms. The number of amides is 1. The van der Waals surface area contributed by atoms with Crippen LogP contribution in [0.1, 0.15) is 10.4 Å². The van der Waals surface area contributed by atoms with E-state index in [1.165, 1.54) is 0 Å². The summed E-state index contributed by atoms with van der Waals surface area (Å²) in [5.74, 6) is -0.471. The number of aromatic amines is 1. The van der Waals surface area contributed by atoms with Gasteiger partial charge in [-0.3, -0.25) is 14.8 Å². The first kappa shape index (κ1) is 10.5. The molecule has 0 saturated heterocycles. The lowest BCUT2D eigenvalue weighted by atomic mass is 10.1. The van der Waals surface area contributed by atoms with E-state index < -0.39 is 5.91 Å². The first-order valence-corrected chi connectivity index (χ1v) is 5.43. The van der Waals surface area contributed by atoms with Gasteiger partial charge in [-0.25, -0.2) is 0 Å². The Hall–Kier alpha value is -2.69. The van der Waals surface area contributed by atoms with E-state index in [1.807, 2.05) is 18.3 Å². The summed E-state index contributed by atoms with van der Waals surface area (Å²) in [4.78, 5) is 22.7. The van der Waals surface area contributed by atoms with E-state index in [1.54, 1.807) is 24.5 Å². The molecule has 18 heavy (non-hydrogen) atoms. The maximum atomic E-state index is 11.1. The van der Waals surface area contributed by atoms with Crippen molar-refractivity contribution in [3.8, 4) is 11.4 Å². The van der Waals surface area contributed by atoms with Crippen molar-refractivity contribution in [1.82, 2.24) is 15.0 Å². The summed E-state index contributed by atoms with van der Waals surface area (Å²) < 4.78 is 0. The van der Waals surface area contributed by atoms with E-state index in [2.05, 4.69) is 15.0 Å². The second-order valence-electron chi connectivity index (χ2n) is 3.93. The Morgan fingerprint density at radius 1 is 1.17 bits per heavy atom. The molecule has 0 bridgehead atoms. The number of rotatable bonds is 2. The number of nitrogens with one attached hydrogen (secondary N) is 1. The highest BCUT2D eigenvalue weighted by Gasteiger charge is 2.06. The van der Waals surface area contributed by atoms with E-state index in [9.17, 15) is 4.79 Å². The molecule has 0 aromatic carbocycles. The zero-order valence-electron chi connectivity index (χ0n) is 9.42. The summed E-state index contributed by atoms with van der Waals surface area (Å²) in [5.41, 5.74) is 7.98. The SMILES string of the molecule is NC(=O)c1ccnc(-c2cc3cc[nH]c3cn2)c1. The number of H-pyrrole nitrogens is 1. The van der Waals surface area contributed by atoms with Crippen molar-refractivity contribution < 1.29 is 4.79 Å². The van der Waals surface area contributed by atoms with E-state index in [4.69, 9.17) is 5.73 Å². The number of carbonyl (C=O) groups excluding carboxylic acids is 1. The van der Waals surface area contributed by atoms with Crippen molar-refractivity contribution in [3.05, 3.63) is 48.4 Å². The quantitative estimate of drug-likeness (QED) is 0.712. The molecule has 0 aliphatic rings. The van der Waals surface area contributed by atoms with Gasteiger partial charge in [0.1, 0.15) is 0 Å². The molecule has 3 aromatic rings. The first-order valence-electron chi connectivity index (χ1n) is 5.43. The number of hydrogen-bond donors (Lipinski definition) is 2. The average Bonchev–Trinajstić information content (AvgIpc) is 2.86. The van der Waals surface area contributed by atoms with Crippen LogP contribution in [0.25, 0.3) is 22.3 Å². The molecule has 3 heterocycles. The minimum Gasteiger partial charge on any atom is -0.366 e. The lowest BCUT2D eigenvalue weighted by Gasteiger charge is -2.01. The minimum absolute atomic E-state index is 0.427. The number of hydrogen-bond acceptors (Lipinski definition) is 3. The van der Waals surface area contributed by atoms with Crippen LogP contribution in [0.5, 0.6) is 0 Å². The van der Waals surface area contributed by atoms with Crippen molar-refractivity contribution in [2.75, 3.05) is 0 Å². The van der Waals surface area contributed by atoms with Gasteiger partial charge in [-0.05, 0) is 24.3 Å². The molecule has 1 amide bonds. The zero-order valence-corrected chi connectivity index (χ0v) is 9.42. The molecule has 0 unspecified atom stereocenters. The lowest BCUT2D eigenvalue weighted by Crippen LogP contribution is -2.11. The Kier molecular flexibility index (Phi) is 2.30. The smallest absolute Gasteiger partial charge is 0.248 e. The summed E-state index contributed by atoms with van der Waals surface area (Å²) in [7, 11) is 0. The van der Waals surface area contributed by atoms with Gasteiger partial charge < -0.3 is 10.7 Å². The average molecular weight is 238 g/mol. The second kappa shape index (κ2) is 3.96. The molecule has 0 aliphatic carbocycles. The summed E-state index contributed by atoms with van der Waals surface area (Å²) >= 11 is 0. The molecular formula is C13H10N4O. The Morgan fingerprint density at radius 3 is 2.83 bits per heavy atom. The third kappa shape index (κ3) is 1.71. The normalized spacial score (nSPS) is 10.7. The van der Waals surface area contributed by atoms with Crippen molar-refractivity contribution >= 4 is 16.8 Å². The molecule has 0 radical (unpaired) electrons. The molecule has 3 rings (SSSR count). The number of carbonyl (C=O) groups is 1. The van der Waals surface area contributed by atoms with Gasteiger partial charge >= 0.3 is 0 Å². The van der Waals surface area contributed by atoms with Gasteiger partial charge in [0, 0.05) is 23.3 Å². The fourth-order valence-electron chi connectivity index (χ4n) is 1.81. The fraction of sp³-hybridized carbons (Fsp3) is 0. The molecule has 3 N–H and O–H groups in total. The number of fused-ring (bicyclic) bond motifs is 1. The van der Waals surface area contributed by atoms with Gasteiger partial charge in [0.05, 0.1) is 23.1 Å². The molecule has 88 valence electrons. The molecule has 5 heteroatoms. The molecule has 5 nitrogen and oxygen atoms in total. The standard InChI is InChI=1S/C13H10N4O/c14-13(18)9-2-4-15-10(6-9)11-5-8-1-3-16-12(8)7-17-11/h1-7,16H,(H2,14,18). The number of nitrogens with zero attached hydrogens (tertiary/aromatic N) is 2. The summed E-state index contributed by atoms with van der Waals surface area (Å²) in [6.45, 7) is 0. The highest BCUT2D eigenvalue weighted by atomic mass is 16.1. The highest BCUT2D eigenvalue weighted by Crippen LogP contribution is 2.20. The van der Waals surface area contributed by atoms with Crippen LogP contribution in [-0.4, -0.2) is 20.9 Å². The van der Waals surface area contributed by atoms with Crippen LogP contribution < -0.4 is 5.73 Å². The molecule has 0 atom stereocenters. The van der Waals surface area contributed by atoms with Crippen LogP contribution in [0.2, 0.25) is 0 Å². The van der Waals surface area contributed by atoms with Crippen LogP contribution in [0, 0.1) is 0 Å². The Balaban J connectivity index is 2.13. The van der Waals surface area contributed by atoms with Crippen molar-refractivity contribution in [1.29, 1.82) is 0 Å². The lowest BCUT2D eigenvalue weighted by molar-refractivity contribution is 0.1000. The van der Waals surface area contributed by atoms with E-state index in [0.717, 1.165) is 10.9 Å². The Morgan fingerprint density at radius 2 is 2.00 bits per heavy atom. The van der Waals surface area contributed by atoms with Crippen molar-refractivity contribution in [3.63, 3.8) is 0 Å². The summed E-state index contributed by atoms with van der Waals surface area (Å²) in [6.07, 6.45) is 5.14. The van der Waals surface area contributed by atoms with Crippen molar-refractivity contribution in [2.24, 2.45) is 5.73 Å². The summed E-state index contributed by atoms with van der Waals surface area (Å²) in [6, 6.07) is 7.10. The van der Waals surface area contributed by atoms with Crippen LogP contribution in [0.4, 0.5) is 0 Å².